The molecule has 0 spiro atoms. The van der Waals surface area contributed by atoms with Crippen molar-refractivity contribution < 1.29 is 0 Å². The molecule has 0 aliphatic carbocycles. The highest BCUT2D eigenvalue weighted by Crippen LogP contribution is 2.22. The number of nitrogens with zero attached hydrogens (tertiary/aromatic N) is 6. The summed E-state index contributed by atoms with van der Waals surface area (Å²) >= 11 is 0. The topological polar surface area (TPSA) is 60.5 Å². The molecule has 0 radical (unpaired) electrons. The van der Waals surface area contributed by atoms with Gasteiger partial charge in [0.1, 0.15) is 18.0 Å². The van der Waals surface area contributed by atoms with E-state index in [1.807, 2.05) is 0 Å². The standard InChI is InChI=1S/C20H32N6/c21-17-19(18-22)20-25(13-11-23-7-3-1-4-8-23)15-16-26(20)14-12-24-9-5-2-6-10-24/h1-16H2. The molecule has 6 heteroatoms. The second-order valence-corrected chi connectivity index (χ2v) is 7.70. The minimum absolute atomic E-state index is 0.278. The van der Waals surface area contributed by atoms with E-state index < -0.39 is 0 Å². The zero-order chi connectivity index (χ0) is 18.2. The van der Waals surface area contributed by atoms with E-state index in [0.29, 0.717) is 0 Å². The van der Waals surface area contributed by atoms with E-state index in [-0.39, 0.29) is 5.57 Å². The van der Waals surface area contributed by atoms with Crippen LogP contribution in [0.5, 0.6) is 0 Å². The van der Waals surface area contributed by atoms with E-state index in [2.05, 4.69) is 31.7 Å². The van der Waals surface area contributed by atoms with E-state index in [1.165, 1.54) is 64.7 Å². The van der Waals surface area contributed by atoms with Crippen molar-refractivity contribution in [1.82, 2.24) is 19.6 Å². The molecule has 3 heterocycles. The summed E-state index contributed by atoms with van der Waals surface area (Å²) < 4.78 is 0. The highest BCUT2D eigenvalue weighted by molar-refractivity contribution is 5.40. The van der Waals surface area contributed by atoms with Gasteiger partial charge in [-0.1, -0.05) is 12.8 Å². The van der Waals surface area contributed by atoms with Gasteiger partial charge >= 0.3 is 0 Å². The molecule has 3 rings (SSSR count). The summed E-state index contributed by atoms with van der Waals surface area (Å²) in [5.41, 5.74) is 0.278. The molecule has 3 aliphatic rings. The van der Waals surface area contributed by atoms with Gasteiger partial charge in [0.25, 0.3) is 0 Å². The molecule has 0 atom stereocenters. The summed E-state index contributed by atoms with van der Waals surface area (Å²) in [5, 5.41) is 18.9. The van der Waals surface area contributed by atoms with Crippen LogP contribution in [0.25, 0.3) is 0 Å². The molecule has 0 saturated carbocycles. The Morgan fingerprint density at radius 2 is 1.04 bits per heavy atom. The Bertz CT molecular complexity index is 512. The lowest BCUT2D eigenvalue weighted by molar-refractivity contribution is 0.192. The van der Waals surface area contributed by atoms with E-state index in [0.717, 1.165) is 45.1 Å². The van der Waals surface area contributed by atoms with Crippen LogP contribution in [0.2, 0.25) is 0 Å². The first kappa shape index (κ1) is 19.0. The molecular formula is C20H32N6. The number of likely N-dealkylation sites (tertiary alicyclic amines) is 2. The lowest BCUT2D eigenvalue weighted by Crippen LogP contribution is -2.39. The summed E-state index contributed by atoms with van der Waals surface area (Å²) in [5.74, 6) is 0.879. The van der Waals surface area contributed by atoms with Crippen molar-refractivity contribution in [3.63, 3.8) is 0 Å². The van der Waals surface area contributed by atoms with Crippen LogP contribution in [0.1, 0.15) is 38.5 Å². The van der Waals surface area contributed by atoms with Crippen molar-refractivity contribution in [2.24, 2.45) is 0 Å². The van der Waals surface area contributed by atoms with Gasteiger partial charge < -0.3 is 19.6 Å². The molecule has 3 aliphatic heterocycles. The Kier molecular flexibility index (Phi) is 7.17. The van der Waals surface area contributed by atoms with Gasteiger partial charge in [-0.05, 0) is 51.9 Å². The quantitative estimate of drug-likeness (QED) is 0.677. The average molecular weight is 357 g/mol. The third-order valence-electron chi connectivity index (χ3n) is 5.96. The van der Waals surface area contributed by atoms with Crippen LogP contribution in [-0.2, 0) is 0 Å². The van der Waals surface area contributed by atoms with Crippen LogP contribution < -0.4 is 0 Å². The van der Waals surface area contributed by atoms with E-state index in [9.17, 15) is 10.5 Å². The normalized spacial score (nSPS) is 22.3. The third-order valence-corrected chi connectivity index (χ3v) is 5.96. The van der Waals surface area contributed by atoms with Gasteiger partial charge in [-0.3, -0.25) is 0 Å². The highest BCUT2D eigenvalue weighted by Gasteiger charge is 2.29. The molecule has 0 N–H and O–H groups in total. The number of rotatable bonds is 6. The van der Waals surface area contributed by atoms with Gasteiger partial charge in [0.05, 0.1) is 0 Å². The number of piperidine rings is 2. The van der Waals surface area contributed by atoms with Gasteiger partial charge in [-0.25, -0.2) is 0 Å². The highest BCUT2D eigenvalue weighted by atomic mass is 15.4. The third kappa shape index (κ3) is 4.90. The van der Waals surface area contributed by atoms with E-state index in [1.54, 1.807) is 0 Å². The number of allylic oxidation sites excluding steroid dienone is 1. The molecule has 0 unspecified atom stereocenters. The maximum absolute atomic E-state index is 9.45. The molecule has 0 bridgehead atoms. The van der Waals surface area contributed by atoms with Gasteiger partial charge in [0, 0.05) is 39.3 Å². The van der Waals surface area contributed by atoms with Crippen molar-refractivity contribution in [1.29, 1.82) is 10.5 Å². The molecule has 0 amide bonds. The summed E-state index contributed by atoms with van der Waals surface area (Å²) in [6, 6.07) is 4.28. The Morgan fingerprint density at radius 1 is 0.615 bits per heavy atom. The minimum atomic E-state index is 0.278. The molecule has 26 heavy (non-hydrogen) atoms. The van der Waals surface area contributed by atoms with Crippen LogP contribution in [0.4, 0.5) is 0 Å². The van der Waals surface area contributed by atoms with Crippen molar-refractivity contribution in [3.05, 3.63) is 11.4 Å². The summed E-state index contributed by atoms with van der Waals surface area (Å²) in [6.07, 6.45) is 7.89. The van der Waals surface area contributed by atoms with E-state index in [4.69, 9.17) is 0 Å². The van der Waals surface area contributed by atoms with Gasteiger partial charge in [0.15, 0.2) is 5.57 Å². The van der Waals surface area contributed by atoms with Crippen LogP contribution >= 0.6 is 0 Å². The fraction of sp³-hybridized carbons (Fsp3) is 0.800. The van der Waals surface area contributed by atoms with Crippen molar-refractivity contribution in [2.45, 2.75) is 38.5 Å². The Balaban J connectivity index is 1.59. The average Bonchev–Trinajstić information content (AvgIpc) is 3.10. The smallest absolute Gasteiger partial charge is 0.169 e. The molecule has 142 valence electrons. The largest absolute Gasteiger partial charge is 0.354 e. The fourth-order valence-corrected chi connectivity index (χ4v) is 4.42. The van der Waals surface area contributed by atoms with Crippen molar-refractivity contribution in [3.8, 4) is 12.1 Å². The molecule has 3 fully saturated rings. The second-order valence-electron chi connectivity index (χ2n) is 7.70. The summed E-state index contributed by atoms with van der Waals surface area (Å²) in [4.78, 5) is 9.59. The Hall–Kier alpha value is -1.76. The lowest BCUT2D eigenvalue weighted by Gasteiger charge is -2.32. The lowest BCUT2D eigenvalue weighted by atomic mass is 10.1. The van der Waals surface area contributed by atoms with Crippen LogP contribution in [0, 0.1) is 22.7 Å². The zero-order valence-corrected chi connectivity index (χ0v) is 16.0. The predicted octanol–water partition coefficient (Wildman–Crippen LogP) is 1.83. The number of hydrogen-bond donors (Lipinski definition) is 0. The molecule has 3 saturated heterocycles. The maximum Gasteiger partial charge on any atom is 0.169 e. The minimum Gasteiger partial charge on any atom is -0.354 e. The summed E-state index contributed by atoms with van der Waals surface area (Å²) in [7, 11) is 0. The number of nitriles is 2. The molecule has 6 nitrogen and oxygen atoms in total. The monoisotopic (exact) mass is 356 g/mol. The summed E-state index contributed by atoms with van der Waals surface area (Å²) in [6.45, 7) is 10.5. The SMILES string of the molecule is N#CC(C#N)=C1N(CCN2CCCCC2)CCN1CCN1CCCCC1. The predicted molar refractivity (Wildman–Crippen MR) is 102 cm³/mol. The molecular weight excluding hydrogens is 324 g/mol. The first-order valence-electron chi connectivity index (χ1n) is 10.3. The number of hydrogen-bond acceptors (Lipinski definition) is 6. The van der Waals surface area contributed by atoms with Gasteiger partial charge in [-0.15, -0.1) is 0 Å². The van der Waals surface area contributed by atoms with Crippen molar-refractivity contribution >= 4 is 0 Å². The van der Waals surface area contributed by atoms with Gasteiger partial charge in [-0.2, -0.15) is 10.5 Å². The first-order chi connectivity index (χ1) is 12.8. The van der Waals surface area contributed by atoms with Crippen LogP contribution in [0.3, 0.4) is 0 Å². The fourth-order valence-electron chi connectivity index (χ4n) is 4.42. The molecule has 0 aromatic carbocycles. The second kappa shape index (κ2) is 9.80. The van der Waals surface area contributed by atoms with Crippen molar-refractivity contribution in [2.75, 3.05) is 65.4 Å². The molecule has 0 aromatic heterocycles. The zero-order valence-electron chi connectivity index (χ0n) is 16.0. The maximum atomic E-state index is 9.45. The molecule has 0 aromatic rings. The van der Waals surface area contributed by atoms with Gasteiger partial charge in [0.2, 0.25) is 0 Å². The van der Waals surface area contributed by atoms with E-state index >= 15 is 0 Å². The van der Waals surface area contributed by atoms with Crippen LogP contribution in [-0.4, -0.2) is 85.0 Å². The Morgan fingerprint density at radius 3 is 1.42 bits per heavy atom. The first-order valence-corrected chi connectivity index (χ1v) is 10.3. The Labute approximate surface area is 158 Å². The van der Waals surface area contributed by atoms with Crippen LogP contribution in [0.15, 0.2) is 11.4 Å².